The number of halogens is 1. The van der Waals surface area contributed by atoms with Crippen LogP contribution >= 0.6 is 27.3 Å². The summed E-state index contributed by atoms with van der Waals surface area (Å²) in [6, 6.07) is 1.65. The van der Waals surface area contributed by atoms with Crippen molar-refractivity contribution in [1.82, 2.24) is 19.8 Å². The Morgan fingerprint density at radius 1 is 1.48 bits per heavy atom. The van der Waals surface area contributed by atoms with E-state index in [1.807, 2.05) is 0 Å². The number of hydrogen-bond donors (Lipinski definition) is 2. The van der Waals surface area contributed by atoms with E-state index in [-0.39, 0.29) is 11.6 Å². The van der Waals surface area contributed by atoms with Crippen molar-refractivity contribution in [3.05, 3.63) is 26.0 Å². The van der Waals surface area contributed by atoms with Gasteiger partial charge in [0.25, 0.3) is 5.56 Å². The van der Waals surface area contributed by atoms with E-state index < -0.39 is 12.1 Å². The first kappa shape index (κ1) is 15.1. The zero-order valence-electron chi connectivity index (χ0n) is 12.2. The van der Waals surface area contributed by atoms with E-state index in [1.165, 1.54) is 16.2 Å². The van der Waals surface area contributed by atoms with Gasteiger partial charge in [0.2, 0.25) is 0 Å². The fraction of sp³-hybridized carbons (Fsp3) is 0.500. The molecule has 0 bridgehead atoms. The first-order valence-electron chi connectivity index (χ1n) is 7.46. The number of H-pyrrole nitrogens is 1. The molecule has 23 heavy (non-hydrogen) atoms. The Labute approximate surface area is 144 Å². The number of fused-ring (bicyclic) bond motifs is 2. The predicted octanol–water partition coefficient (Wildman–Crippen LogP) is 2.25. The minimum absolute atomic E-state index is 0.213. The molecular weight excluding hydrogens is 384 g/mol. The van der Waals surface area contributed by atoms with Crippen LogP contribution in [0.3, 0.4) is 0 Å². The first-order chi connectivity index (χ1) is 11.0. The van der Waals surface area contributed by atoms with Gasteiger partial charge >= 0.3 is 6.09 Å². The smallest absolute Gasteiger partial charge is 0.408 e. The Bertz CT molecular complexity index is 835. The molecule has 9 heteroatoms. The molecule has 2 fully saturated rings. The number of carbonyl (C=O) groups is 1. The molecule has 0 aliphatic carbocycles. The minimum atomic E-state index is -0.962. The molecule has 4 rings (SSSR count). The Morgan fingerprint density at radius 3 is 3.09 bits per heavy atom. The van der Waals surface area contributed by atoms with E-state index in [0.29, 0.717) is 29.1 Å². The summed E-state index contributed by atoms with van der Waals surface area (Å²) in [6.45, 7) is 2.02. The Hall–Kier alpha value is -1.45. The maximum Gasteiger partial charge on any atom is 0.408 e. The molecule has 2 N–H and O–H groups in total. The second-order valence-electron chi connectivity index (χ2n) is 5.96. The molecule has 2 aliphatic rings. The van der Waals surface area contributed by atoms with Crippen molar-refractivity contribution >= 4 is 43.6 Å². The number of thiophene rings is 1. The van der Waals surface area contributed by atoms with Crippen molar-refractivity contribution in [2.24, 2.45) is 0 Å². The lowest BCUT2D eigenvalue weighted by molar-refractivity contribution is 0.0467. The molecule has 2 aromatic heterocycles. The lowest BCUT2D eigenvalue weighted by Crippen LogP contribution is -2.54. The van der Waals surface area contributed by atoms with E-state index >= 15 is 0 Å². The molecule has 122 valence electrons. The molecular formula is C14H15BrN4O3S. The van der Waals surface area contributed by atoms with Crippen molar-refractivity contribution in [1.29, 1.82) is 0 Å². The summed E-state index contributed by atoms with van der Waals surface area (Å²) in [4.78, 5) is 35.0. The van der Waals surface area contributed by atoms with Crippen molar-refractivity contribution < 1.29 is 9.90 Å². The zero-order valence-corrected chi connectivity index (χ0v) is 14.6. The molecule has 2 aliphatic heterocycles. The monoisotopic (exact) mass is 398 g/mol. The molecule has 2 aromatic rings. The van der Waals surface area contributed by atoms with Crippen LogP contribution in [0.1, 0.15) is 24.7 Å². The van der Waals surface area contributed by atoms with Gasteiger partial charge in [0, 0.05) is 19.1 Å². The summed E-state index contributed by atoms with van der Waals surface area (Å²) in [6.07, 6.45) is 1.15. The second kappa shape index (κ2) is 5.57. The number of aromatic nitrogens is 2. The van der Waals surface area contributed by atoms with Gasteiger partial charge in [-0.15, -0.1) is 11.3 Å². The molecule has 1 amide bonds. The minimum Gasteiger partial charge on any atom is -0.465 e. The number of piperazine rings is 1. The number of aromatic amines is 1. The lowest BCUT2D eigenvalue weighted by Gasteiger charge is -2.41. The summed E-state index contributed by atoms with van der Waals surface area (Å²) in [7, 11) is 0. The molecule has 0 radical (unpaired) electrons. The van der Waals surface area contributed by atoms with Gasteiger partial charge < -0.3 is 10.1 Å². The highest BCUT2D eigenvalue weighted by molar-refractivity contribution is 9.11. The number of carboxylic acid groups (broad SMARTS) is 1. The van der Waals surface area contributed by atoms with Gasteiger partial charge in [0.15, 0.2) is 0 Å². The normalized spacial score (nSPS) is 25.0. The van der Waals surface area contributed by atoms with Crippen molar-refractivity contribution in [3.63, 3.8) is 0 Å². The zero-order chi connectivity index (χ0) is 16.1. The summed E-state index contributed by atoms with van der Waals surface area (Å²) in [5.74, 6) is 0.431. The number of nitrogens with one attached hydrogen (secondary N) is 1. The molecule has 1 unspecified atom stereocenters. The van der Waals surface area contributed by atoms with E-state index in [9.17, 15) is 14.7 Å². The molecule has 7 nitrogen and oxygen atoms in total. The van der Waals surface area contributed by atoms with Crippen LogP contribution in [0.5, 0.6) is 0 Å². The largest absolute Gasteiger partial charge is 0.465 e. The average Bonchev–Trinajstić information content (AvgIpc) is 3.10. The first-order valence-corrected chi connectivity index (χ1v) is 9.07. The van der Waals surface area contributed by atoms with Crippen LogP contribution in [0.25, 0.3) is 10.2 Å². The van der Waals surface area contributed by atoms with E-state index in [4.69, 9.17) is 0 Å². The van der Waals surface area contributed by atoms with Gasteiger partial charge in [-0.25, -0.2) is 9.78 Å². The maximum absolute atomic E-state index is 12.3. The highest BCUT2D eigenvalue weighted by atomic mass is 79.9. The number of hydrogen-bond acceptors (Lipinski definition) is 5. The fourth-order valence-corrected chi connectivity index (χ4v) is 4.97. The van der Waals surface area contributed by atoms with Crippen LogP contribution in [0.15, 0.2) is 14.6 Å². The number of amides is 1. The summed E-state index contributed by atoms with van der Waals surface area (Å²) in [5, 5.41) is 9.56. The standard InChI is InChI=1S/C14H15BrN4O3S/c15-10-4-8-11(23-10)13(20)17-12(16-8)9-6-18-3-1-2-7(18)5-19(9)14(21)22/h4,7,9H,1-3,5-6H2,(H,21,22)(H,16,17,20)/t7-,9?/m1/s1. The van der Waals surface area contributed by atoms with Crippen LogP contribution in [0, 0.1) is 0 Å². The van der Waals surface area contributed by atoms with Gasteiger partial charge in [-0.2, -0.15) is 0 Å². The fourth-order valence-electron chi connectivity index (χ4n) is 3.55. The van der Waals surface area contributed by atoms with Gasteiger partial charge in [0.05, 0.1) is 9.30 Å². The second-order valence-corrected chi connectivity index (χ2v) is 8.39. The van der Waals surface area contributed by atoms with Crippen LogP contribution < -0.4 is 5.56 Å². The molecule has 2 saturated heterocycles. The van der Waals surface area contributed by atoms with Crippen molar-refractivity contribution in [2.75, 3.05) is 19.6 Å². The third kappa shape index (κ3) is 2.56. The van der Waals surface area contributed by atoms with Gasteiger partial charge in [-0.05, 0) is 41.4 Å². The maximum atomic E-state index is 12.3. The van der Waals surface area contributed by atoms with E-state index in [0.717, 1.165) is 23.2 Å². The van der Waals surface area contributed by atoms with Crippen LogP contribution in [-0.2, 0) is 0 Å². The molecule has 4 heterocycles. The summed E-state index contributed by atoms with van der Waals surface area (Å²) < 4.78 is 1.39. The summed E-state index contributed by atoms with van der Waals surface area (Å²) in [5.41, 5.74) is 0.393. The molecule has 0 aromatic carbocycles. The highest BCUT2D eigenvalue weighted by Gasteiger charge is 2.40. The SMILES string of the molecule is O=C(O)N1C[C@H]2CCCN2CC1c1nc2cc(Br)sc2c(=O)[nH]1. The Morgan fingerprint density at radius 2 is 2.30 bits per heavy atom. The molecule has 0 spiro atoms. The Balaban J connectivity index is 1.77. The van der Waals surface area contributed by atoms with Gasteiger partial charge in [-0.3, -0.25) is 14.6 Å². The van der Waals surface area contributed by atoms with Crippen LogP contribution in [0.2, 0.25) is 0 Å². The number of rotatable bonds is 1. The summed E-state index contributed by atoms with van der Waals surface area (Å²) >= 11 is 4.69. The predicted molar refractivity (Wildman–Crippen MR) is 90.0 cm³/mol. The van der Waals surface area contributed by atoms with Gasteiger partial charge in [-0.1, -0.05) is 0 Å². The average molecular weight is 399 g/mol. The van der Waals surface area contributed by atoms with Gasteiger partial charge in [0.1, 0.15) is 16.6 Å². The van der Waals surface area contributed by atoms with Crippen molar-refractivity contribution in [2.45, 2.75) is 24.9 Å². The topological polar surface area (TPSA) is 89.5 Å². The third-order valence-corrected chi connectivity index (χ3v) is 6.25. The third-order valence-electron chi connectivity index (χ3n) is 4.62. The highest BCUT2D eigenvalue weighted by Crippen LogP contribution is 2.32. The van der Waals surface area contributed by atoms with Crippen molar-refractivity contribution in [3.8, 4) is 0 Å². The Kier molecular flexibility index (Phi) is 3.66. The van der Waals surface area contributed by atoms with Crippen LogP contribution in [-0.4, -0.2) is 56.6 Å². The lowest BCUT2D eigenvalue weighted by atomic mass is 10.1. The van der Waals surface area contributed by atoms with E-state index in [1.54, 1.807) is 6.07 Å². The van der Waals surface area contributed by atoms with Crippen LogP contribution in [0.4, 0.5) is 4.79 Å². The molecule has 2 atom stereocenters. The molecule has 0 saturated carbocycles. The quantitative estimate of drug-likeness (QED) is 0.768. The number of nitrogens with zero attached hydrogens (tertiary/aromatic N) is 3. The van der Waals surface area contributed by atoms with E-state index in [2.05, 4.69) is 30.8 Å².